The molecule has 1 atom stereocenters. The van der Waals surface area contributed by atoms with Crippen LogP contribution in [0.1, 0.15) is 24.0 Å². The highest BCUT2D eigenvalue weighted by Crippen LogP contribution is 2.29. The highest BCUT2D eigenvalue weighted by molar-refractivity contribution is 5.82. The third-order valence-electron chi connectivity index (χ3n) is 2.92. The van der Waals surface area contributed by atoms with Crippen LogP contribution < -0.4 is 4.74 Å². The molecule has 0 bridgehead atoms. The molecule has 0 radical (unpaired) electrons. The van der Waals surface area contributed by atoms with Gasteiger partial charge in [-0.15, -0.1) is 0 Å². The minimum Gasteiger partial charge on any atom is -0.496 e. The molecule has 0 aliphatic rings. The zero-order valence-corrected chi connectivity index (χ0v) is 12.7. The van der Waals surface area contributed by atoms with Crippen molar-refractivity contribution in [3.63, 3.8) is 0 Å². The van der Waals surface area contributed by atoms with Crippen molar-refractivity contribution < 1.29 is 23.8 Å². The monoisotopic (exact) mass is 292 g/mol. The SMILES string of the molecule is COC(=O)/C=C/[C@@H](COC(C)=O)c1cc(C)ccc1OC. The molecule has 0 N–H and O–H groups in total. The van der Waals surface area contributed by atoms with Crippen molar-refractivity contribution >= 4 is 11.9 Å². The molecule has 5 heteroatoms. The average molecular weight is 292 g/mol. The highest BCUT2D eigenvalue weighted by atomic mass is 16.5. The molecule has 114 valence electrons. The summed E-state index contributed by atoms with van der Waals surface area (Å²) in [6, 6.07) is 5.71. The van der Waals surface area contributed by atoms with Crippen molar-refractivity contribution in [3.8, 4) is 5.75 Å². The molecule has 0 saturated carbocycles. The van der Waals surface area contributed by atoms with Gasteiger partial charge in [-0.2, -0.15) is 0 Å². The molecule has 1 aromatic carbocycles. The Balaban J connectivity index is 3.09. The number of ether oxygens (including phenoxy) is 3. The lowest BCUT2D eigenvalue weighted by atomic mass is 9.96. The summed E-state index contributed by atoms with van der Waals surface area (Å²) in [5.41, 5.74) is 1.89. The smallest absolute Gasteiger partial charge is 0.330 e. The van der Waals surface area contributed by atoms with Gasteiger partial charge in [0.25, 0.3) is 0 Å². The Labute approximate surface area is 124 Å². The van der Waals surface area contributed by atoms with E-state index in [1.54, 1.807) is 13.2 Å². The van der Waals surface area contributed by atoms with E-state index in [9.17, 15) is 9.59 Å². The molecule has 1 aromatic rings. The van der Waals surface area contributed by atoms with Gasteiger partial charge in [0, 0.05) is 24.5 Å². The number of esters is 2. The Bertz CT molecular complexity index is 533. The number of methoxy groups -OCH3 is 2. The molecule has 0 heterocycles. The first kappa shape index (κ1) is 16.8. The zero-order valence-electron chi connectivity index (χ0n) is 12.7. The number of rotatable bonds is 6. The van der Waals surface area contributed by atoms with E-state index in [4.69, 9.17) is 9.47 Å². The van der Waals surface area contributed by atoms with Gasteiger partial charge < -0.3 is 14.2 Å². The van der Waals surface area contributed by atoms with Gasteiger partial charge in [0.05, 0.1) is 14.2 Å². The minimum atomic E-state index is -0.463. The molecule has 0 saturated heterocycles. The largest absolute Gasteiger partial charge is 0.496 e. The van der Waals surface area contributed by atoms with Crippen LogP contribution in [-0.4, -0.2) is 32.8 Å². The van der Waals surface area contributed by atoms with Crippen LogP contribution in [-0.2, 0) is 19.1 Å². The highest BCUT2D eigenvalue weighted by Gasteiger charge is 2.16. The first-order chi connectivity index (χ1) is 9.97. The molecule has 0 fully saturated rings. The first-order valence-corrected chi connectivity index (χ1v) is 6.52. The number of hydrogen-bond acceptors (Lipinski definition) is 5. The molecule has 0 spiro atoms. The summed E-state index contributed by atoms with van der Waals surface area (Å²) in [5.74, 6) is -0.456. The fourth-order valence-electron chi connectivity index (χ4n) is 1.86. The van der Waals surface area contributed by atoms with Crippen molar-refractivity contribution in [3.05, 3.63) is 41.5 Å². The molecule has 5 nitrogen and oxygen atoms in total. The van der Waals surface area contributed by atoms with Gasteiger partial charge in [0.1, 0.15) is 12.4 Å². The van der Waals surface area contributed by atoms with Gasteiger partial charge >= 0.3 is 11.9 Å². The number of hydrogen-bond donors (Lipinski definition) is 0. The molecule has 0 aliphatic carbocycles. The van der Waals surface area contributed by atoms with Gasteiger partial charge in [-0.05, 0) is 13.0 Å². The van der Waals surface area contributed by atoms with Gasteiger partial charge in [0.2, 0.25) is 0 Å². The van der Waals surface area contributed by atoms with E-state index in [0.29, 0.717) is 5.75 Å². The second-order valence-corrected chi connectivity index (χ2v) is 4.54. The quantitative estimate of drug-likeness (QED) is 0.595. The zero-order chi connectivity index (χ0) is 15.8. The Hall–Kier alpha value is -2.30. The summed E-state index contributed by atoms with van der Waals surface area (Å²) in [6.07, 6.45) is 2.96. The Morgan fingerprint density at radius 3 is 2.57 bits per heavy atom. The second-order valence-electron chi connectivity index (χ2n) is 4.54. The maximum absolute atomic E-state index is 11.3. The van der Waals surface area contributed by atoms with Gasteiger partial charge in [-0.3, -0.25) is 4.79 Å². The maximum Gasteiger partial charge on any atom is 0.330 e. The van der Waals surface area contributed by atoms with E-state index in [1.807, 2.05) is 25.1 Å². The molecule has 0 aliphatic heterocycles. The number of carbonyl (C=O) groups is 2. The molecule has 0 unspecified atom stereocenters. The second kappa shape index (κ2) is 8.09. The lowest BCUT2D eigenvalue weighted by Crippen LogP contribution is -2.11. The van der Waals surface area contributed by atoms with Crippen LogP contribution in [0.4, 0.5) is 0 Å². The Morgan fingerprint density at radius 2 is 2.00 bits per heavy atom. The summed E-state index contributed by atoms with van der Waals surface area (Å²) >= 11 is 0. The molecule has 0 aromatic heterocycles. The van der Waals surface area contributed by atoms with Crippen LogP contribution in [0, 0.1) is 6.92 Å². The predicted octanol–water partition coefficient (Wildman–Crippen LogP) is 2.38. The summed E-state index contributed by atoms with van der Waals surface area (Å²) < 4.78 is 15.0. The van der Waals surface area contributed by atoms with Crippen molar-refractivity contribution in [1.82, 2.24) is 0 Å². The predicted molar refractivity (Wildman–Crippen MR) is 78.3 cm³/mol. The van der Waals surface area contributed by atoms with Crippen molar-refractivity contribution in [2.24, 2.45) is 0 Å². The standard InChI is InChI=1S/C16H20O5/c1-11-5-7-15(19-3)14(9-11)13(10-21-12(2)17)6-8-16(18)20-4/h5-9,13H,10H2,1-4H3/b8-6+/t13-/m0/s1. The van der Waals surface area contributed by atoms with Crippen LogP contribution in [0.2, 0.25) is 0 Å². The fraction of sp³-hybridized carbons (Fsp3) is 0.375. The van der Waals surface area contributed by atoms with E-state index in [0.717, 1.165) is 11.1 Å². The number of aryl methyl sites for hydroxylation is 1. The van der Waals surface area contributed by atoms with E-state index in [1.165, 1.54) is 20.1 Å². The first-order valence-electron chi connectivity index (χ1n) is 6.52. The number of carbonyl (C=O) groups excluding carboxylic acids is 2. The summed E-state index contributed by atoms with van der Waals surface area (Å²) in [4.78, 5) is 22.3. The van der Waals surface area contributed by atoms with E-state index in [2.05, 4.69) is 4.74 Å². The molecule has 1 rings (SSSR count). The van der Waals surface area contributed by atoms with Crippen molar-refractivity contribution in [2.45, 2.75) is 19.8 Å². The lowest BCUT2D eigenvalue weighted by molar-refractivity contribution is -0.141. The van der Waals surface area contributed by atoms with Crippen LogP contribution in [0.3, 0.4) is 0 Å². The molecular formula is C16H20O5. The Morgan fingerprint density at radius 1 is 1.29 bits per heavy atom. The van der Waals surface area contributed by atoms with Gasteiger partial charge in [-0.25, -0.2) is 4.79 Å². The van der Waals surface area contributed by atoms with Crippen LogP contribution >= 0.6 is 0 Å². The van der Waals surface area contributed by atoms with Gasteiger partial charge in [-0.1, -0.05) is 23.8 Å². The van der Waals surface area contributed by atoms with E-state index in [-0.39, 0.29) is 18.5 Å². The maximum atomic E-state index is 11.3. The third-order valence-corrected chi connectivity index (χ3v) is 2.92. The summed E-state index contributed by atoms with van der Waals surface area (Å²) in [6.45, 7) is 3.42. The lowest BCUT2D eigenvalue weighted by Gasteiger charge is -2.17. The topological polar surface area (TPSA) is 61.8 Å². The van der Waals surface area contributed by atoms with Gasteiger partial charge in [0.15, 0.2) is 0 Å². The minimum absolute atomic E-state index is 0.128. The summed E-state index contributed by atoms with van der Waals surface area (Å²) in [5, 5.41) is 0. The van der Waals surface area contributed by atoms with E-state index < -0.39 is 5.97 Å². The Kier molecular flexibility index (Phi) is 6.46. The molecule has 21 heavy (non-hydrogen) atoms. The van der Waals surface area contributed by atoms with E-state index >= 15 is 0 Å². The molecule has 0 amide bonds. The van der Waals surface area contributed by atoms with Crippen LogP contribution in [0.25, 0.3) is 0 Å². The summed E-state index contributed by atoms with van der Waals surface area (Å²) in [7, 11) is 2.88. The van der Waals surface area contributed by atoms with Crippen LogP contribution in [0.5, 0.6) is 5.75 Å². The number of benzene rings is 1. The normalized spacial score (nSPS) is 12.0. The van der Waals surface area contributed by atoms with Crippen molar-refractivity contribution in [2.75, 3.05) is 20.8 Å². The van der Waals surface area contributed by atoms with Crippen LogP contribution in [0.15, 0.2) is 30.4 Å². The molecular weight excluding hydrogens is 272 g/mol. The third kappa shape index (κ3) is 5.30. The fourth-order valence-corrected chi connectivity index (χ4v) is 1.86. The average Bonchev–Trinajstić information content (AvgIpc) is 2.46. The van der Waals surface area contributed by atoms with Crippen molar-refractivity contribution in [1.29, 1.82) is 0 Å².